The monoisotopic (exact) mass is 474 g/mol. The van der Waals surface area contributed by atoms with E-state index in [1.807, 2.05) is 60.7 Å². The van der Waals surface area contributed by atoms with Crippen molar-refractivity contribution in [3.63, 3.8) is 0 Å². The van der Waals surface area contributed by atoms with E-state index in [0.29, 0.717) is 22.2 Å². The van der Waals surface area contributed by atoms with Gasteiger partial charge in [0.2, 0.25) is 0 Å². The number of aromatic amines is 2. The third kappa shape index (κ3) is 4.27. The topological polar surface area (TPSA) is 109 Å². The van der Waals surface area contributed by atoms with Crippen LogP contribution in [0.5, 0.6) is 0 Å². The van der Waals surface area contributed by atoms with Crippen molar-refractivity contribution in [3.05, 3.63) is 60.7 Å². The molecule has 4 aromatic heterocycles. The second-order valence-electron chi connectivity index (χ2n) is 7.34. The van der Waals surface area contributed by atoms with Gasteiger partial charge in [-0.1, -0.05) is 59.9 Å². The molecule has 0 saturated carbocycles. The Morgan fingerprint density at radius 3 is 1.61 bits per heavy atom. The first-order valence-electron chi connectivity index (χ1n) is 10.4. The highest BCUT2D eigenvalue weighted by molar-refractivity contribution is 7.99. The summed E-state index contributed by atoms with van der Waals surface area (Å²) in [7, 11) is 0. The molecule has 0 amide bonds. The van der Waals surface area contributed by atoms with E-state index in [0.717, 1.165) is 51.1 Å². The van der Waals surface area contributed by atoms with Crippen molar-refractivity contribution in [2.45, 2.75) is 16.9 Å². The molecule has 8 nitrogen and oxygen atoms in total. The molecule has 33 heavy (non-hydrogen) atoms. The molecule has 0 aliphatic heterocycles. The van der Waals surface area contributed by atoms with Gasteiger partial charge in [-0.15, -0.1) is 20.4 Å². The zero-order valence-corrected chi connectivity index (χ0v) is 18.9. The standard InChI is InChI=1S/C23H18N6O2S2/c1-3-8-16-14(6-1)12-18(24-16)20-26-28-22(30-20)32-10-5-11-33-23-29-27-21(31-23)19-13-15-7-2-4-9-17(15)25-19/h1-4,6-9,12-13,24-25H,5,10-11H2. The summed E-state index contributed by atoms with van der Waals surface area (Å²) in [5, 5.41) is 20.0. The van der Waals surface area contributed by atoms with Crippen LogP contribution in [0.15, 0.2) is 79.9 Å². The molecule has 0 fully saturated rings. The molecule has 6 aromatic rings. The number of hydrogen-bond acceptors (Lipinski definition) is 8. The Morgan fingerprint density at radius 1 is 0.636 bits per heavy atom. The first-order valence-corrected chi connectivity index (χ1v) is 12.4. The van der Waals surface area contributed by atoms with Crippen LogP contribution in [0.25, 0.3) is 45.0 Å². The van der Waals surface area contributed by atoms with Crippen molar-refractivity contribution < 1.29 is 8.83 Å². The third-order valence-electron chi connectivity index (χ3n) is 5.07. The molecule has 0 atom stereocenters. The summed E-state index contributed by atoms with van der Waals surface area (Å²) in [6.07, 6.45) is 0.934. The van der Waals surface area contributed by atoms with Crippen LogP contribution in [0.2, 0.25) is 0 Å². The predicted octanol–water partition coefficient (Wildman–Crippen LogP) is 6.02. The van der Waals surface area contributed by atoms with E-state index in [4.69, 9.17) is 8.83 Å². The van der Waals surface area contributed by atoms with Gasteiger partial charge in [-0.05, 0) is 30.7 Å². The molecule has 4 heterocycles. The second-order valence-corrected chi connectivity index (χ2v) is 9.43. The third-order valence-corrected chi connectivity index (χ3v) is 6.88. The van der Waals surface area contributed by atoms with E-state index in [2.05, 4.69) is 30.4 Å². The normalized spacial score (nSPS) is 11.6. The average molecular weight is 475 g/mol. The molecule has 0 spiro atoms. The van der Waals surface area contributed by atoms with Gasteiger partial charge < -0.3 is 18.8 Å². The van der Waals surface area contributed by atoms with Gasteiger partial charge >= 0.3 is 0 Å². The van der Waals surface area contributed by atoms with E-state index in [-0.39, 0.29) is 0 Å². The summed E-state index contributed by atoms with van der Waals surface area (Å²) in [6, 6.07) is 20.2. The molecule has 0 bridgehead atoms. The highest BCUT2D eigenvalue weighted by atomic mass is 32.2. The SMILES string of the molecule is c1ccc2[nH]c(-c3nnc(SCCCSc4nnc(-c5cc6ccccc6[nH]5)o4)o3)cc2c1. The Morgan fingerprint density at radius 2 is 1.12 bits per heavy atom. The van der Waals surface area contributed by atoms with Gasteiger partial charge in [-0.25, -0.2) is 0 Å². The minimum atomic E-state index is 0.499. The molecule has 10 heteroatoms. The van der Waals surface area contributed by atoms with Gasteiger partial charge in [0.25, 0.3) is 22.2 Å². The highest BCUT2D eigenvalue weighted by Crippen LogP contribution is 2.28. The van der Waals surface area contributed by atoms with E-state index in [1.54, 1.807) is 23.5 Å². The highest BCUT2D eigenvalue weighted by Gasteiger charge is 2.13. The van der Waals surface area contributed by atoms with Gasteiger partial charge in [0.1, 0.15) is 11.4 Å². The number of para-hydroxylation sites is 2. The van der Waals surface area contributed by atoms with Crippen LogP contribution in [-0.4, -0.2) is 41.9 Å². The Hall–Kier alpha value is -3.50. The molecule has 2 N–H and O–H groups in total. The van der Waals surface area contributed by atoms with Crippen LogP contribution in [0.4, 0.5) is 0 Å². The van der Waals surface area contributed by atoms with Crippen LogP contribution in [0.3, 0.4) is 0 Å². The molecule has 0 unspecified atom stereocenters. The fourth-order valence-corrected chi connectivity index (χ4v) is 5.09. The van der Waals surface area contributed by atoms with Crippen LogP contribution < -0.4 is 0 Å². The number of fused-ring (bicyclic) bond motifs is 2. The van der Waals surface area contributed by atoms with Gasteiger partial charge in [-0.3, -0.25) is 0 Å². The van der Waals surface area contributed by atoms with Crippen LogP contribution in [0, 0.1) is 0 Å². The number of aromatic nitrogens is 6. The fraction of sp³-hybridized carbons (Fsp3) is 0.130. The Kier molecular flexibility index (Phi) is 5.37. The minimum absolute atomic E-state index is 0.499. The largest absolute Gasteiger partial charge is 0.410 e. The summed E-state index contributed by atoms with van der Waals surface area (Å²) < 4.78 is 11.6. The summed E-state index contributed by atoms with van der Waals surface area (Å²) in [4.78, 5) is 6.61. The van der Waals surface area contributed by atoms with Crippen molar-refractivity contribution in [3.8, 4) is 23.2 Å². The number of hydrogen-bond donors (Lipinski definition) is 2. The van der Waals surface area contributed by atoms with Gasteiger partial charge in [0.05, 0.1) is 0 Å². The molecule has 164 valence electrons. The van der Waals surface area contributed by atoms with E-state index in [1.165, 1.54) is 0 Å². The predicted molar refractivity (Wildman–Crippen MR) is 129 cm³/mol. The smallest absolute Gasteiger partial charge is 0.276 e. The average Bonchev–Trinajstić information content (AvgIpc) is 3.63. The lowest BCUT2D eigenvalue weighted by Crippen LogP contribution is -1.84. The van der Waals surface area contributed by atoms with Crippen molar-refractivity contribution in [2.24, 2.45) is 0 Å². The van der Waals surface area contributed by atoms with Crippen LogP contribution in [-0.2, 0) is 0 Å². The fourth-order valence-electron chi connectivity index (χ4n) is 3.51. The maximum Gasteiger partial charge on any atom is 0.276 e. The van der Waals surface area contributed by atoms with E-state index < -0.39 is 0 Å². The summed E-state index contributed by atoms with van der Waals surface area (Å²) >= 11 is 3.09. The Balaban J connectivity index is 1.000. The zero-order valence-electron chi connectivity index (χ0n) is 17.3. The second kappa shape index (κ2) is 8.80. The summed E-state index contributed by atoms with van der Waals surface area (Å²) in [5.74, 6) is 2.70. The molecule has 0 radical (unpaired) electrons. The number of nitrogens with zero attached hydrogens (tertiary/aromatic N) is 4. The number of rotatable bonds is 8. The number of thioether (sulfide) groups is 2. The van der Waals surface area contributed by atoms with Crippen LogP contribution >= 0.6 is 23.5 Å². The van der Waals surface area contributed by atoms with E-state index >= 15 is 0 Å². The van der Waals surface area contributed by atoms with Crippen molar-refractivity contribution >= 4 is 45.3 Å². The maximum absolute atomic E-state index is 5.80. The molecule has 0 saturated heterocycles. The lowest BCUT2D eigenvalue weighted by Gasteiger charge is -1.96. The first kappa shape index (κ1) is 20.1. The Labute approximate surface area is 196 Å². The Bertz CT molecular complexity index is 1350. The molecule has 2 aromatic carbocycles. The van der Waals surface area contributed by atoms with Crippen molar-refractivity contribution in [1.82, 2.24) is 30.4 Å². The maximum atomic E-state index is 5.80. The molecule has 6 rings (SSSR count). The molecular weight excluding hydrogens is 456 g/mol. The lowest BCUT2D eigenvalue weighted by atomic mass is 10.2. The zero-order chi connectivity index (χ0) is 22.0. The summed E-state index contributed by atoms with van der Waals surface area (Å²) in [6.45, 7) is 0. The van der Waals surface area contributed by atoms with Gasteiger partial charge in [0.15, 0.2) is 0 Å². The minimum Gasteiger partial charge on any atom is -0.410 e. The van der Waals surface area contributed by atoms with Gasteiger partial charge in [-0.2, -0.15) is 0 Å². The molecule has 0 aliphatic carbocycles. The van der Waals surface area contributed by atoms with Crippen molar-refractivity contribution in [1.29, 1.82) is 0 Å². The first-order chi connectivity index (χ1) is 16.3. The quantitative estimate of drug-likeness (QED) is 0.203. The van der Waals surface area contributed by atoms with Crippen molar-refractivity contribution in [2.75, 3.05) is 11.5 Å². The number of nitrogens with one attached hydrogen (secondary N) is 2. The van der Waals surface area contributed by atoms with Crippen LogP contribution in [0.1, 0.15) is 6.42 Å². The number of benzene rings is 2. The lowest BCUT2D eigenvalue weighted by molar-refractivity contribution is 0.464. The summed E-state index contributed by atoms with van der Waals surface area (Å²) in [5.41, 5.74) is 3.75. The number of H-pyrrole nitrogens is 2. The molecule has 0 aliphatic rings. The van der Waals surface area contributed by atoms with E-state index in [9.17, 15) is 0 Å². The van der Waals surface area contributed by atoms with Gasteiger partial charge in [0, 0.05) is 33.3 Å². The molecular formula is C23H18N6O2S2.